The van der Waals surface area contributed by atoms with Crippen molar-refractivity contribution >= 4 is 11.8 Å². The molecule has 78 valence electrons. The third kappa shape index (κ3) is 2.69. The number of thioether (sulfide) groups is 1. The van der Waals surface area contributed by atoms with Crippen molar-refractivity contribution in [3.05, 3.63) is 17.1 Å². The van der Waals surface area contributed by atoms with Crippen LogP contribution >= 0.6 is 11.8 Å². The van der Waals surface area contributed by atoms with E-state index in [9.17, 15) is 0 Å². The number of nitrogens with zero attached hydrogens (tertiary/aromatic N) is 2. The van der Waals surface area contributed by atoms with E-state index in [0.717, 1.165) is 22.1 Å². The van der Waals surface area contributed by atoms with Gasteiger partial charge in [-0.1, -0.05) is 13.8 Å². The van der Waals surface area contributed by atoms with Crippen LogP contribution in [0.5, 0.6) is 0 Å². The second kappa shape index (κ2) is 4.75. The summed E-state index contributed by atoms with van der Waals surface area (Å²) in [6.07, 6.45) is 0. The summed E-state index contributed by atoms with van der Waals surface area (Å²) < 4.78 is 0. The molecular formula is C10H17N3S. The van der Waals surface area contributed by atoms with Crippen molar-refractivity contribution in [2.24, 2.45) is 5.73 Å². The fourth-order valence-corrected chi connectivity index (χ4v) is 2.26. The van der Waals surface area contributed by atoms with Crippen molar-refractivity contribution in [1.29, 1.82) is 0 Å². The molecule has 4 heteroatoms. The molecule has 1 aromatic rings. The first kappa shape index (κ1) is 11.5. The van der Waals surface area contributed by atoms with Crippen molar-refractivity contribution in [1.82, 2.24) is 9.97 Å². The number of aryl methyl sites for hydroxylation is 2. The maximum atomic E-state index is 5.68. The highest BCUT2D eigenvalue weighted by atomic mass is 32.2. The average molecular weight is 211 g/mol. The van der Waals surface area contributed by atoms with Crippen LogP contribution in [0.2, 0.25) is 0 Å². The fourth-order valence-electron chi connectivity index (χ4n) is 1.26. The van der Waals surface area contributed by atoms with Crippen LogP contribution in [0.1, 0.15) is 30.9 Å². The van der Waals surface area contributed by atoms with Gasteiger partial charge in [-0.2, -0.15) is 0 Å². The Morgan fingerprint density at radius 1 is 1.29 bits per heavy atom. The van der Waals surface area contributed by atoms with Gasteiger partial charge in [-0.05, 0) is 13.8 Å². The van der Waals surface area contributed by atoms with E-state index in [1.54, 1.807) is 11.8 Å². The maximum absolute atomic E-state index is 5.68. The van der Waals surface area contributed by atoms with E-state index in [-0.39, 0.29) is 0 Å². The Labute approximate surface area is 89.5 Å². The molecule has 0 radical (unpaired) electrons. The molecule has 3 nitrogen and oxygen atoms in total. The first-order chi connectivity index (χ1) is 6.54. The molecule has 1 heterocycles. The Kier molecular flexibility index (Phi) is 3.89. The molecule has 0 saturated carbocycles. The third-order valence-electron chi connectivity index (χ3n) is 1.84. The molecule has 0 spiro atoms. The summed E-state index contributed by atoms with van der Waals surface area (Å²) in [5, 5.41) is 1.56. The van der Waals surface area contributed by atoms with Crippen molar-refractivity contribution < 1.29 is 0 Å². The summed E-state index contributed by atoms with van der Waals surface area (Å²) in [4.78, 5) is 8.72. The normalized spacial score (nSPS) is 11.0. The minimum Gasteiger partial charge on any atom is -0.326 e. The Morgan fingerprint density at radius 2 is 1.93 bits per heavy atom. The van der Waals surface area contributed by atoms with E-state index < -0.39 is 0 Å². The molecule has 0 aromatic carbocycles. The molecule has 0 aliphatic rings. The molecule has 0 bridgehead atoms. The predicted molar refractivity (Wildman–Crippen MR) is 60.4 cm³/mol. The van der Waals surface area contributed by atoms with Crippen LogP contribution in [0.25, 0.3) is 0 Å². The number of hydrogen-bond donors (Lipinski definition) is 1. The highest BCUT2D eigenvalue weighted by Gasteiger charge is 2.10. The molecule has 2 N–H and O–H groups in total. The second-order valence-electron chi connectivity index (χ2n) is 3.51. The molecule has 1 aromatic heterocycles. The fraction of sp³-hybridized carbons (Fsp3) is 0.600. The Bertz CT molecular complexity index is 323. The summed E-state index contributed by atoms with van der Waals surface area (Å²) in [5.41, 5.74) is 7.76. The highest BCUT2D eigenvalue weighted by molar-refractivity contribution is 7.99. The molecule has 0 aliphatic heterocycles. The Balaban J connectivity index is 3.11. The Morgan fingerprint density at radius 3 is 2.43 bits per heavy atom. The lowest BCUT2D eigenvalue weighted by molar-refractivity contribution is 0.853. The topological polar surface area (TPSA) is 51.8 Å². The molecule has 0 amide bonds. The highest BCUT2D eigenvalue weighted by Crippen LogP contribution is 2.25. The van der Waals surface area contributed by atoms with E-state index in [4.69, 9.17) is 5.73 Å². The summed E-state index contributed by atoms with van der Waals surface area (Å²) in [6.45, 7) is 8.72. The minimum atomic E-state index is 0.515. The number of aromatic nitrogens is 2. The van der Waals surface area contributed by atoms with E-state index >= 15 is 0 Å². The summed E-state index contributed by atoms with van der Waals surface area (Å²) >= 11 is 1.75. The van der Waals surface area contributed by atoms with Crippen molar-refractivity contribution in [3.63, 3.8) is 0 Å². The van der Waals surface area contributed by atoms with Crippen LogP contribution in [0.4, 0.5) is 0 Å². The zero-order valence-electron chi connectivity index (χ0n) is 9.16. The zero-order valence-corrected chi connectivity index (χ0v) is 9.98. The summed E-state index contributed by atoms with van der Waals surface area (Å²) in [6, 6.07) is 0. The molecule has 1 rings (SSSR count). The van der Waals surface area contributed by atoms with Crippen LogP contribution in [0.15, 0.2) is 5.03 Å². The standard InChI is InChI=1S/C10H17N3S/c1-6(2)14-10-9(5-11)7(3)12-8(4)13-10/h6H,5,11H2,1-4H3. The van der Waals surface area contributed by atoms with Crippen molar-refractivity contribution in [2.75, 3.05) is 0 Å². The quantitative estimate of drug-likeness (QED) is 0.614. The van der Waals surface area contributed by atoms with Crippen LogP contribution < -0.4 is 5.73 Å². The lowest BCUT2D eigenvalue weighted by Gasteiger charge is -2.11. The molecule has 0 aliphatic carbocycles. The van der Waals surface area contributed by atoms with Gasteiger partial charge in [0.2, 0.25) is 0 Å². The number of hydrogen-bond acceptors (Lipinski definition) is 4. The van der Waals surface area contributed by atoms with Crippen molar-refractivity contribution in [2.45, 2.75) is 44.5 Å². The van der Waals surface area contributed by atoms with E-state index in [1.165, 1.54) is 0 Å². The molecule has 0 fully saturated rings. The molecule has 0 unspecified atom stereocenters. The lowest BCUT2D eigenvalue weighted by Crippen LogP contribution is -2.07. The zero-order chi connectivity index (χ0) is 10.7. The largest absolute Gasteiger partial charge is 0.326 e. The molecule has 0 saturated heterocycles. The third-order valence-corrected chi connectivity index (χ3v) is 2.87. The monoisotopic (exact) mass is 211 g/mol. The Hall–Kier alpha value is -0.610. The maximum Gasteiger partial charge on any atom is 0.126 e. The minimum absolute atomic E-state index is 0.515. The SMILES string of the molecule is Cc1nc(C)c(CN)c(SC(C)C)n1. The number of nitrogens with two attached hydrogens (primary N) is 1. The van der Waals surface area contributed by atoms with Crippen LogP contribution in [-0.2, 0) is 6.54 Å². The van der Waals surface area contributed by atoms with Gasteiger partial charge in [0.15, 0.2) is 0 Å². The molecular weight excluding hydrogens is 194 g/mol. The van der Waals surface area contributed by atoms with Gasteiger partial charge in [0.25, 0.3) is 0 Å². The van der Waals surface area contributed by atoms with Gasteiger partial charge in [0.05, 0.1) is 0 Å². The van der Waals surface area contributed by atoms with Gasteiger partial charge in [0.1, 0.15) is 10.9 Å². The number of rotatable bonds is 3. The van der Waals surface area contributed by atoms with E-state index in [1.807, 2.05) is 13.8 Å². The van der Waals surface area contributed by atoms with E-state index in [2.05, 4.69) is 23.8 Å². The van der Waals surface area contributed by atoms with Gasteiger partial charge in [0, 0.05) is 23.1 Å². The summed E-state index contributed by atoms with van der Waals surface area (Å²) in [5.74, 6) is 0.822. The molecule has 14 heavy (non-hydrogen) atoms. The second-order valence-corrected chi connectivity index (χ2v) is 5.08. The molecule has 0 atom stereocenters. The lowest BCUT2D eigenvalue weighted by atomic mass is 10.2. The van der Waals surface area contributed by atoms with Crippen molar-refractivity contribution in [3.8, 4) is 0 Å². The summed E-state index contributed by atoms with van der Waals surface area (Å²) in [7, 11) is 0. The van der Waals surface area contributed by atoms with Gasteiger partial charge in [-0.25, -0.2) is 9.97 Å². The van der Waals surface area contributed by atoms with Crippen LogP contribution in [0, 0.1) is 13.8 Å². The first-order valence-corrected chi connectivity index (χ1v) is 5.63. The predicted octanol–water partition coefficient (Wildman–Crippen LogP) is 2.05. The van der Waals surface area contributed by atoms with Gasteiger partial charge < -0.3 is 5.73 Å². The average Bonchev–Trinajstić information content (AvgIpc) is 2.01. The van der Waals surface area contributed by atoms with Gasteiger partial charge in [-0.3, -0.25) is 0 Å². The van der Waals surface area contributed by atoms with E-state index in [0.29, 0.717) is 11.8 Å². The van der Waals surface area contributed by atoms with Crippen LogP contribution in [-0.4, -0.2) is 15.2 Å². The van der Waals surface area contributed by atoms with Gasteiger partial charge >= 0.3 is 0 Å². The smallest absolute Gasteiger partial charge is 0.126 e. The van der Waals surface area contributed by atoms with Crippen LogP contribution in [0.3, 0.4) is 0 Å². The first-order valence-electron chi connectivity index (χ1n) is 4.75. The van der Waals surface area contributed by atoms with Gasteiger partial charge in [-0.15, -0.1) is 11.8 Å².